The number of hydrogen-bond donors (Lipinski definition) is 3. The number of morpholine rings is 1. The van der Waals surface area contributed by atoms with Gasteiger partial charge in [0.1, 0.15) is 11.6 Å². The molecule has 1 saturated heterocycles. The van der Waals surface area contributed by atoms with Crippen LogP contribution >= 0.6 is 0 Å². The Bertz CT molecular complexity index is 870. The minimum absolute atomic E-state index is 0.153. The second-order valence-electron chi connectivity index (χ2n) is 7.60. The first-order valence-corrected chi connectivity index (χ1v) is 11.0. The maximum Gasteiger partial charge on any atom is 0.191 e. The number of benzene rings is 2. The number of methoxy groups -OCH3 is 1. The third-order valence-corrected chi connectivity index (χ3v) is 5.49. The van der Waals surface area contributed by atoms with Gasteiger partial charge in [-0.15, -0.1) is 0 Å². The highest BCUT2D eigenvalue weighted by Crippen LogP contribution is 2.23. The summed E-state index contributed by atoms with van der Waals surface area (Å²) >= 11 is 0. The molecule has 0 spiro atoms. The summed E-state index contributed by atoms with van der Waals surface area (Å²) in [6, 6.07) is 13.0. The topological polar surface area (TPSA) is 78.4 Å². The van der Waals surface area contributed by atoms with E-state index >= 15 is 0 Å². The van der Waals surface area contributed by atoms with E-state index in [-0.39, 0.29) is 18.2 Å². The van der Waals surface area contributed by atoms with Crippen LogP contribution in [0, 0.1) is 5.82 Å². The molecule has 2 aromatic rings. The monoisotopic (exact) mass is 444 g/mol. The van der Waals surface area contributed by atoms with Gasteiger partial charge in [0.05, 0.1) is 39.5 Å². The van der Waals surface area contributed by atoms with Gasteiger partial charge in [-0.25, -0.2) is 9.38 Å². The Kier molecular flexibility index (Phi) is 9.27. The lowest BCUT2D eigenvalue weighted by Crippen LogP contribution is -2.46. The molecule has 1 aliphatic rings. The van der Waals surface area contributed by atoms with Crippen molar-refractivity contribution in [2.24, 2.45) is 4.99 Å². The number of aliphatic hydroxyl groups is 1. The van der Waals surface area contributed by atoms with Gasteiger partial charge in [0, 0.05) is 31.7 Å². The molecule has 1 atom stereocenters. The molecule has 0 bridgehead atoms. The van der Waals surface area contributed by atoms with Gasteiger partial charge in [-0.1, -0.05) is 18.2 Å². The van der Waals surface area contributed by atoms with Crippen molar-refractivity contribution in [2.75, 3.05) is 46.5 Å². The first-order chi connectivity index (χ1) is 15.6. The number of guanidine groups is 1. The molecule has 1 aliphatic heterocycles. The van der Waals surface area contributed by atoms with E-state index in [2.05, 4.69) is 32.7 Å². The van der Waals surface area contributed by atoms with E-state index < -0.39 is 5.82 Å². The summed E-state index contributed by atoms with van der Waals surface area (Å²) in [7, 11) is 1.67. The van der Waals surface area contributed by atoms with Crippen LogP contribution in [0.5, 0.6) is 5.75 Å². The van der Waals surface area contributed by atoms with E-state index in [9.17, 15) is 9.50 Å². The van der Waals surface area contributed by atoms with Gasteiger partial charge in [0.25, 0.3) is 0 Å². The average Bonchev–Trinajstić information content (AvgIpc) is 2.84. The summed E-state index contributed by atoms with van der Waals surface area (Å²) in [4.78, 5) is 7.07. The highest BCUT2D eigenvalue weighted by atomic mass is 19.1. The minimum Gasteiger partial charge on any atom is -0.497 e. The summed E-state index contributed by atoms with van der Waals surface area (Å²) in [5.41, 5.74) is 2.32. The van der Waals surface area contributed by atoms with E-state index in [1.165, 1.54) is 11.6 Å². The zero-order valence-corrected chi connectivity index (χ0v) is 18.8. The molecule has 7 nitrogen and oxygen atoms in total. The van der Waals surface area contributed by atoms with Crippen LogP contribution < -0.4 is 15.4 Å². The summed E-state index contributed by atoms with van der Waals surface area (Å²) < 4.78 is 24.5. The zero-order chi connectivity index (χ0) is 22.8. The van der Waals surface area contributed by atoms with Crippen LogP contribution in [0.2, 0.25) is 0 Å². The Labute approximate surface area is 189 Å². The van der Waals surface area contributed by atoms with Crippen LogP contribution in [-0.4, -0.2) is 62.5 Å². The van der Waals surface area contributed by atoms with Gasteiger partial charge in [-0.2, -0.15) is 0 Å². The van der Waals surface area contributed by atoms with Gasteiger partial charge < -0.3 is 25.2 Å². The predicted octanol–water partition coefficient (Wildman–Crippen LogP) is 2.46. The van der Waals surface area contributed by atoms with Crippen molar-refractivity contribution in [3.8, 4) is 5.75 Å². The molecule has 1 fully saturated rings. The first kappa shape index (κ1) is 24.0. The molecule has 2 aromatic carbocycles. The third kappa shape index (κ3) is 6.66. The predicted molar refractivity (Wildman–Crippen MR) is 123 cm³/mol. The third-order valence-electron chi connectivity index (χ3n) is 5.49. The molecule has 0 amide bonds. The molecular weight excluding hydrogens is 411 g/mol. The van der Waals surface area contributed by atoms with E-state index in [0.717, 1.165) is 44.2 Å². The van der Waals surface area contributed by atoms with Gasteiger partial charge in [0.15, 0.2) is 5.96 Å². The van der Waals surface area contributed by atoms with Crippen molar-refractivity contribution in [3.05, 3.63) is 65.0 Å². The van der Waals surface area contributed by atoms with Crippen LogP contribution in [0.25, 0.3) is 0 Å². The van der Waals surface area contributed by atoms with E-state index in [1.807, 2.05) is 19.1 Å². The highest BCUT2D eigenvalue weighted by Gasteiger charge is 2.23. The Morgan fingerprint density at radius 2 is 1.94 bits per heavy atom. The molecule has 0 aromatic heterocycles. The van der Waals surface area contributed by atoms with Crippen LogP contribution in [0.15, 0.2) is 47.5 Å². The molecular formula is C24H33FN4O3. The number of aliphatic hydroxyl groups excluding tert-OH is 1. The van der Waals surface area contributed by atoms with Gasteiger partial charge in [0.2, 0.25) is 0 Å². The van der Waals surface area contributed by atoms with Crippen LogP contribution in [0.4, 0.5) is 4.39 Å². The maximum absolute atomic E-state index is 13.6. The van der Waals surface area contributed by atoms with Gasteiger partial charge in [-0.3, -0.25) is 4.90 Å². The molecule has 3 rings (SSSR count). The minimum atomic E-state index is -0.405. The summed E-state index contributed by atoms with van der Waals surface area (Å²) in [5.74, 6) is 1.12. The molecule has 1 heterocycles. The van der Waals surface area contributed by atoms with Crippen LogP contribution in [-0.2, 0) is 17.9 Å². The van der Waals surface area contributed by atoms with E-state index in [0.29, 0.717) is 19.0 Å². The van der Waals surface area contributed by atoms with Crippen LogP contribution in [0.1, 0.15) is 29.7 Å². The number of nitrogens with one attached hydrogen (secondary N) is 2. The smallest absolute Gasteiger partial charge is 0.191 e. The number of ether oxygens (including phenoxy) is 2. The number of hydrogen-bond acceptors (Lipinski definition) is 5. The Morgan fingerprint density at radius 3 is 2.59 bits per heavy atom. The lowest BCUT2D eigenvalue weighted by atomic mass is 10.0. The van der Waals surface area contributed by atoms with Crippen LogP contribution in [0.3, 0.4) is 0 Å². The fourth-order valence-corrected chi connectivity index (χ4v) is 3.73. The quantitative estimate of drug-likeness (QED) is 0.407. The Balaban J connectivity index is 1.72. The molecule has 8 heteroatoms. The molecule has 32 heavy (non-hydrogen) atoms. The number of aliphatic imine (C=N–C) groups is 1. The van der Waals surface area contributed by atoms with E-state index in [4.69, 9.17) is 9.47 Å². The van der Waals surface area contributed by atoms with Gasteiger partial charge in [-0.05, 0) is 42.3 Å². The molecule has 0 radical (unpaired) electrons. The molecule has 0 saturated carbocycles. The molecule has 3 N–H and O–H groups in total. The summed E-state index contributed by atoms with van der Waals surface area (Å²) in [6.07, 6.45) is 0. The number of rotatable bonds is 9. The average molecular weight is 445 g/mol. The van der Waals surface area contributed by atoms with Crippen molar-refractivity contribution < 1.29 is 19.0 Å². The molecule has 0 aliphatic carbocycles. The van der Waals surface area contributed by atoms with Crippen molar-refractivity contribution in [1.29, 1.82) is 0 Å². The van der Waals surface area contributed by atoms with Crippen molar-refractivity contribution in [3.63, 3.8) is 0 Å². The van der Waals surface area contributed by atoms with Crippen molar-refractivity contribution in [2.45, 2.75) is 26.1 Å². The fraction of sp³-hybridized carbons (Fsp3) is 0.458. The number of nitrogens with zero attached hydrogens (tertiary/aromatic N) is 2. The normalized spacial score (nSPS) is 15.9. The second-order valence-corrected chi connectivity index (χ2v) is 7.60. The standard InChI is InChI=1S/C24H33FN4O3/c1-3-26-24(27-15-18-4-9-22(25)20(14-18)17-30)28-16-23(29-10-12-32-13-11-29)19-5-7-21(31-2)8-6-19/h4-9,14,23,30H,3,10-13,15-17H2,1-2H3,(H2,26,27,28). The lowest BCUT2D eigenvalue weighted by Gasteiger charge is -2.35. The fourth-order valence-electron chi connectivity index (χ4n) is 3.73. The Hall–Kier alpha value is -2.68. The number of halogens is 1. The van der Waals surface area contributed by atoms with E-state index in [1.54, 1.807) is 19.2 Å². The zero-order valence-electron chi connectivity index (χ0n) is 18.8. The highest BCUT2D eigenvalue weighted by molar-refractivity contribution is 5.79. The Morgan fingerprint density at radius 1 is 1.19 bits per heavy atom. The van der Waals surface area contributed by atoms with Gasteiger partial charge >= 0.3 is 0 Å². The molecule has 1 unspecified atom stereocenters. The summed E-state index contributed by atoms with van der Waals surface area (Å²) in [6.45, 7) is 6.64. The second kappa shape index (κ2) is 12.4. The summed E-state index contributed by atoms with van der Waals surface area (Å²) in [5, 5.41) is 16.0. The maximum atomic E-state index is 13.6. The van der Waals surface area contributed by atoms with Crippen molar-refractivity contribution >= 4 is 5.96 Å². The SMILES string of the molecule is CCNC(=NCc1ccc(F)c(CO)c1)NCC(c1ccc(OC)cc1)N1CCOCC1. The largest absolute Gasteiger partial charge is 0.497 e. The van der Waals surface area contributed by atoms with Crippen molar-refractivity contribution in [1.82, 2.24) is 15.5 Å². The first-order valence-electron chi connectivity index (χ1n) is 11.0. The lowest BCUT2D eigenvalue weighted by molar-refractivity contribution is 0.0170. The molecule has 174 valence electrons.